The number of benzene rings is 1. The number of nitrogens with one attached hydrogen (secondary N) is 1. The van der Waals surface area contributed by atoms with E-state index in [-0.39, 0.29) is 6.03 Å². The van der Waals surface area contributed by atoms with Gasteiger partial charge in [-0.2, -0.15) is 0 Å². The number of likely N-dealkylation sites (tertiary alicyclic amines) is 1. The monoisotopic (exact) mass is 363 g/mol. The molecule has 2 aromatic heterocycles. The van der Waals surface area contributed by atoms with E-state index in [0.29, 0.717) is 5.92 Å². The van der Waals surface area contributed by atoms with E-state index in [9.17, 15) is 4.79 Å². The van der Waals surface area contributed by atoms with Crippen LogP contribution >= 0.6 is 0 Å². The first kappa shape index (κ1) is 17.5. The number of carbonyl (C=O) groups excluding carboxylic acids is 1. The van der Waals surface area contributed by atoms with E-state index in [2.05, 4.69) is 25.9 Å². The predicted molar refractivity (Wildman–Crippen MR) is 107 cm³/mol. The van der Waals surface area contributed by atoms with Gasteiger partial charge in [0.15, 0.2) is 5.65 Å². The molecule has 0 bridgehead atoms. The summed E-state index contributed by atoms with van der Waals surface area (Å²) in [5, 5.41) is 3.06. The number of urea groups is 1. The molecule has 1 saturated heterocycles. The summed E-state index contributed by atoms with van der Waals surface area (Å²) in [5.41, 5.74) is 5.00. The van der Waals surface area contributed by atoms with Crippen LogP contribution in [0.4, 0.5) is 10.5 Å². The number of nitrogens with zero attached hydrogens (tertiary/aromatic N) is 4. The van der Waals surface area contributed by atoms with Gasteiger partial charge in [0.2, 0.25) is 0 Å². The van der Waals surface area contributed by atoms with Crippen molar-refractivity contribution in [2.75, 3.05) is 18.4 Å². The van der Waals surface area contributed by atoms with E-state index in [1.165, 1.54) is 0 Å². The molecular weight excluding hydrogens is 338 g/mol. The smallest absolute Gasteiger partial charge is 0.321 e. The highest BCUT2D eigenvalue weighted by Gasteiger charge is 2.24. The van der Waals surface area contributed by atoms with Crippen LogP contribution in [0.2, 0.25) is 0 Å². The average Bonchev–Trinajstić information content (AvgIpc) is 3.04. The van der Waals surface area contributed by atoms with Crippen molar-refractivity contribution in [3.63, 3.8) is 0 Å². The largest absolute Gasteiger partial charge is 0.324 e. The van der Waals surface area contributed by atoms with Crippen LogP contribution in [-0.4, -0.2) is 38.6 Å². The summed E-state index contributed by atoms with van der Waals surface area (Å²) < 4.78 is 2.10. The Bertz CT molecular complexity index is 944. The minimum atomic E-state index is -0.0154. The van der Waals surface area contributed by atoms with Crippen LogP contribution < -0.4 is 5.32 Å². The Kier molecular flexibility index (Phi) is 4.79. The SMILES string of the molecule is Cc1cc(C)cc(NC(=O)N2CCCC(Cn3cnc4cccnc43)C2)c1. The summed E-state index contributed by atoms with van der Waals surface area (Å²) in [4.78, 5) is 23.5. The van der Waals surface area contributed by atoms with Crippen LogP contribution in [0.25, 0.3) is 11.2 Å². The van der Waals surface area contributed by atoms with E-state index in [0.717, 1.165) is 60.5 Å². The molecule has 0 spiro atoms. The van der Waals surface area contributed by atoms with E-state index in [1.54, 1.807) is 6.20 Å². The molecule has 1 fully saturated rings. The number of amides is 2. The highest BCUT2D eigenvalue weighted by Crippen LogP contribution is 2.22. The molecule has 6 heteroatoms. The molecule has 0 aliphatic carbocycles. The first-order chi connectivity index (χ1) is 13.1. The number of hydrogen-bond donors (Lipinski definition) is 1. The van der Waals surface area contributed by atoms with E-state index >= 15 is 0 Å². The number of aromatic nitrogens is 3. The Labute approximate surface area is 159 Å². The van der Waals surface area contributed by atoms with Gasteiger partial charge >= 0.3 is 6.03 Å². The van der Waals surface area contributed by atoms with Gasteiger partial charge in [0.05, 0.1) is 6.33 Å². The second-order valence-electron chi connectivity index (χ2n) is 7.50. The van der Waals surface area contributed by atoms with Crippen LogP contribution in [-0.2, 0) is 6.54 Å². The van der Waals surface area contributed by atoms with Crippen molar-refractivity contribution in [3.8, 4) is 0 Å². The van der Waals surface area contributed by atoms with Crippen LogP contribution in [0.3, 0.4) is 0 Å². The molecule has 1 aromatic carbocycles. The number of rotatable bonds is 3. The molecule has 1 N–H and O–H groups in total. The highest BCUT2D eigenvalue weighted by molar-refractivity contribution is 5.89. The molecule has 3 aromatic rings. The van der Waals surface area contributed by atoms with Crippen molar-refractivity contribution in [2.45, 2.75) is 33.2 Å². The molecule has 4 rings (SSSR count). The zero-order chi connectivity index (χ0) is 18.8. The summed E-state index contributed by atoms with van der Waals surface area (Å²) in [6.45, 7) is 6.48. The maximum Gasteiger partial charge on any atom is 0.321 e. The standard InChI is InChI=1S/C21H25N5O/c1-15-9-16(2)11-18(10-15)24-21(27)25-8-4-5-17(12-25)13-26-14-23-19-6-3-7-22-20(19)26/h3,6-7,9-11,14,17H,4-5,8,12-13H2,1-2H3,(H,24,27). The van der Waals surface area contributed by atoms with Crippen LogP contribution in [0.5, 0.6) is 0 Å². The molecule has 140 valence electrons. The molecule has 0 radical (unpaired) electrons. The fourth-order valence-electron chi connectivity index (χ4n) is 3.96. The Morgan fingerprint density at radius 2 is 2.04 bits per heavy atom. The summed E-state index contributed by atoms with van der Waals surface area (Å²) >= 11 is 0. The fourth-order valence-corrected chi connectivity index (χ4v) is 3.96. The maximum atomic E-state index is 12.7. The van der Waals surface area contributed by atoms with Crippen molar-refractivity contribution in [1.82, 2.24) is 19.4 Å². The zero-order valence-corrected chi connectivity index (χ0v) is 15.9. The molecule has 2 amide bonds. The van der Waals surface area contributed by atoms with Gasteiger partial charge in [-0.15, -0.1) is 0 Å². The quantitative estimate of drug-likeness (QED) is 0.765. The molecule has 27 heavy (non-hydrogen) atoms. The van der Waals surface area contributed by atoms with Gasteiger partial charge in [-0.25, -0.2) is 14.8 Å². The second-order valence-corrected chi connectivity index (χ2v) is 7.50. The first-order valence-corrected chi connectivity index (χ1v) is 9.48. The summed E-state index contributed by atoms with van der Waals surface area (Å²) in [7, 11) is 0. The lowest BCUT2D eigenvalue weighted by Crippen LogP contribution is -2.43. The Morgan fingerprint density at radius 1 is 1.22 bits per heavy atom. The minimum absolute atomic E-state index is 0.0154. The van der Waals surface area contributed by atoms with Crippen molar-refractivity contribution >= 4 is 22.9 Å². The number of fused-ring (bicyclic) bond motifs is 1. The molecule has 1 aliphatic heterocycles. The number of aryl methyl sites for hydroxylation is 2. The number of imidazole rings is 1. The lowest BCUT2D eigenvalue weighted by molar-refractivity contribution is 0.171. The topological polar surface area (TPSA) is 63.1 Å². The number of piperidine rings is 1. The van der Waals surface area contributed by atoms with Crippen molar-refractivity contribution in [3.05, 3.63) is 54.0 Å². The van der Waals surface area contributed by atoms with Gasteiger partial charge in [0.25, 0.3) is 0 Å². The number of anilines is 1. The molecular formula is C21H25N5O. The lowest BCUT2D eigenvalue weighted by Gasteiger charge is -2.33. The lowest BCUT2D eigenvalue weighted by atomic mass is 9.98. The summed E-state index contributed by atoms with van der Waals surface area (Å²) in [5.74, 6) is 0.406. The molecule has 3 heterocycles. The molecule has 1 unspecified atom stereocenters. The third-order valence-corrected chi connectivity index (χ3v) is 5.11. The van der Waals surface area contributed by atoms with Gasteiger partial charge in [0.1, 0.15) is 5.52 Å². The fraction of sp³-hybridized carbons (Fsp3) is 0.381. The molecule has 1 aliphatic rings. The van der Waals surface area contributed by atoms with Crippen LogP contribution in [0, 0.1) is 19.8 Å². The summed E-state index contributed by atoms with van der Waals surface area (Å²) in [6.07, 6.45) is 5.78. The number of carbonyl (C=O) groups is 1. The van der Waals surface area contributed by atoms with Gasteiger partial charge in [0, 0.05) is 31.5 Å². The van der Waals surface area contributed by atoms with E-state index in [1.807, 2.05) is 49.3 Å². The average molecular weight is 363 g/mol. The van der Waals surface area contributed by atoms with Crippen molar-refractivity contribution in [1.29, 1.82) is 0 Å². The predicted octanol–water partition coefficient (Wildman–Crippen LogP) is 3.99. The third kappa shape index (κ3) is 3.94. The van der Waals surface area contributed by atoms with E-state index in [4.69, 9.17) is 0 Å². The summed E-state index contributed by atoms with van der Waals surface area (Å²) in [6, 6.07) is 9.99. The minimum Gasteiger partial charge on any atom is -0.324 e. The van der Waals surface area contributed by atoms with Crippen molar-refractivity contribution in [2.24, 2.45) is 5.92 Å². The van der Waals surface area contributed by atoms with Crippen molar-refractivity contribution < 1.29 is 4.79 Å². The molecule has 1 atom stereocenters. The molecule has 6 nitrogen and oxygen atoms in total. The zero-order valence-electron chi connectivity index (χ0n) is 15.9. The highest BCUT2D eigenvalue weighted by atomic mass is 16.2. The van der Waals surface area contributed by atoms with Gasteiger partial charge in [-0.1, -0.05) is 6.07 Å². The second kappa shape index (κ2) is 7.39. The number of hydrogen-bond acceptors (Lipinski definition) is 3. The van der Waals surface area contributed by atoms with E-state index < -0.39 is 0 Å². The maximum absolute atomic E-state index is 12.7. The van der Waals surface area contributed by atoms with Crippen LogP contribution in [0.15, 0.2) is 42.9 Å². The van der Waals surface area contributed by atoms with Gasteiger partial charge in [-0.05, 0) is 68.0 Å². The third-order valence-electron chi connectivity index (χ3n) is 5.11. The Hall–Kier alpha value is -2.89. The first-order valence-electron chi connectivity index (χ1n) is 9.48. The normalized spacial score (nSPS) is 17.3. The van der Waals surface area contributed by atoms with Gasteiger partial charge < -0.3 is 14.8 Å². The Balaban J connectivity index is 1.42. The number of pyridine rings is 1. The van der Waals surface area contributed by atoms with Crippen LogP contribution in [0.1, 0.15) is 24.0 Å². The Morgan fingerprint density at radius 3 is 2.85 bits per heavy atom. The molecule has 0 saturated carbocycles. The van der Waals surface area contributed by atoms with Gasteiger partial charge in [-0.3, -0.25) is 0 Å².